The van der Waals surface area contributed by atoms with E-state index in [1.165, 1.54) is 11.1 Å². The molecule has 7 nitrogen and oxygen atoms in total. The van der Waals surface area contributed by atoms with E-state index in [0.717, 1.165) is 30.4 Å². The Morgan fingerprint density at radius 3 is 2.23 bits per heavy atom. The molecule has 2 fully saturated rings. The Morgan fingerprint density at radius 2 is 1.60 bits per heavy atom. The van der Waals surface area contributed by atoms with Crippen molar-refractivity contribution in [2.45, 2.75) is 56.9 Å². The Kier molecular flexibility index (Phi) is 6.50. The summed E-state index contributed by atoms with van der Waals surface area (Å²) in [5.41, 5.74) is 3.99. The summed E-state index contributed by atoms with van der Waals surface area (Å²) in [5.74, 6) is -0.916. The first-order valence-electron chi connectivity index (χ1n) is 12.6. The standard InChI is InChI=1S/C28H32N2O5/c31-25(32)16-19-8-7-15-30(19)26(33)28(13-5-6-14-28)18-29-27(34)35-17-24-22-11-3-1-9-20(22)21-10-2-4-12-23(21)24/h1-4,9-12,19,24H,5-8,13-18H2,(H,29,34)(H,31,32)/t19-/m0/s1. The highest BCUT2D eigenvalue weighted by Gasteiger charge is 2.46. The predicted octanol–water partition coefficient (Wildman–Crippen LogP) is 4.55. The quantitative estimate of drug-likeness (QED) is 0.611. The Bertz CT molecular complexity index is 1080. The molecule has 35 heavy (non-hydrogen) atoms. The number of nitrogens with zero attached hydrogens (tertiary/aromatic N) is 1. The second-order valence-corrected chi connectivity index (χ2v) is 10.1. The minimum atomic E-state index is -0.882. The third kappa shape index (κ3) is 4.51. The molecule has 2 aromatic rings. The van der Waals surface area contributed by atoms with Crippen LogP contribution in [0.15, 0.2) is 48.5 Å². The van der Waals surface area contributed by atoms with Crippen LogP contribution in [0.4, 0.5) is 4.79 Å². The van der Waals surface area contributed by atoms with Gasteiger partial charge in [-0.25, -0.2) is 4.79 Å². The number of fused-ring (bicyclic) bond motifs is 3. The lowest BCUT2D eigenvalue weighted by molar-refractivity contribution is -0.145. The van der Waals surface area contributed by atoms with E-state index in [1.54, 1.807) is 4.90 Å². The van der Waals surface area contributed by atoms with E-state index in [4.69, 9.17) is 4.74 Å². The zero-order chi connectivity index (χ0) is 24.4. The van der Waals surface area contributed by atoms with Crippen LogP contribution in [0.3, 0.4) is 0 Å². The van der Waals surface area contributed by atoms with Gasteiger partial charge in [-0.3, -0.25) is 9.59 Å². The number of rotatable bonds is 7. The van der Waals surface area contributed by atoms with Crippen molar-refractivity contribution < 1.29 is 24.2 Å². The Labute approximate surface area is 205 Å². The molecule has 0 aromatic heterocycles. The Morgan fingerprint density at radius 1 is 0.971 bits per heavy atom. The van der Waals surface area contributed by atoms with Crippen molar-refractivity contribution in [2.75, 3.05) is 19.7 Å². The van der Waals surface area contributed by atoms with Crippen molar-refractivity contribution >= 4 is 18.0 Å². The van der Waals surface area contributed by atoms with Crippen LogP contribution in [0.1, 0.15) is 62.0 Å². The molecule has 0 radical (unpaired) electrons. The number of alkyl carbamates (subject to hydrolysis) is 1. The summed E-state index contributed by atoms with van der Waals surface area (Å²) >= 11 is 0. The smallest absolute Gasteiger partial charge is 0.407 e. The molecule has 5 rings (SSSR count). The largest absolute Gasteiger partial charge is 0.481 e. The zero-order valence-corrected chi connectivity index (χ0v) is 19.9. The number of carbonyl (C=O) groups excluding carboxylic acids is 2. The molecule has 0 spiro atoms. The van der Waals surface area contributed by atoms with Crippen molar-refractivity contribution in [3.8, 4) is 11.1 Å². The maximum atomic E-state index is 13.6. The molecule has 0 unspecified atom stereocenters. The molecule has 2 aromatic carbocycles. The van der Waals surface area contributed by atoms with Crippen molar-refractivity contribution in [3.63, 3.8) is 0 Å². The number of aliphatic carboxylic acids is 1. The molecule has 3 aliphatic rings. The number of carbonyl (C=O) groups is 3. The molecule has 2 amide bonds. The first-order chi connectivity index (χ1) is 17.0. The number of carboxylic acids is 1. The summed E-state index contributed by atoms with van der Waals surface area (Å²) < 4.78 is 5.67. The average molecular weight is 477 g/mol. The van der Waals surface area contributed by atoms with E-state index >= 15 is 0 Å². The van der Waals surface area contributed by atoms with E-state index in [0.29, 0.717) is 25.8 Å². The van der Waals surface area contributed by atoms with E-state index < -0.39 is 17.5 Å². The van der Waals surface area contributed by atoms with E-state index in [-0.39, 0.29) is 37.4 Å². The molecule has 7 heteroatoms. The fraction of sp³-hybridized carbons (Fsp3) is 0.464. The van der Waals surface area contributed by atoms with Gasteiger partial charge in [0.05, 0.1) is 11.8 Å². The average Bonchev–Trinajstić information content (AvgIpc) is 3.59. The number of hydrogen-bond acceptors (Lipinski definition) is 4. The summed E-state index contributed by atoms with van der Waals surface area (Å²) in [6.07, 6.45) is 4.24. The number of amides is 2. The van der Waals surface area contributed by atoms with E-state index in [1.807, 2.05) is 24.3 Å². The molecule has 2 aliphatic carbocycles. The number of nitrogens with one attached hydrogen (secondary N) is 1. The van der Waals surface area contributed by atoms with Gasteiger partial charge in [0.25, 0.3) is 0 Å². The second kappa shape index (κ2) is 9.72. The number of ether oxygens (including phenoxy) is 1. The number of hydrogen-bond donors (Lipinski definition) is 2. The number of carboxylic acid groups (broad SMARTS) is 1. The van der Waals surface area contributed by atoms with E-state index in [2.05, 4.69) is 29.6 Å². The summed E-state index contributed by atoms with van der Waals surface area (Å²) in [6, 6.07) is 16.1. The molecule has 1 saturated carbocycles. The van der Waals surface area contributed by atoms with Gasteiger partial charge in [-0.15, -0.1) is 0 Å². The van der Waals surface area contributed by atoms with Crippen LogP contribution in [0, 0.1) is 5.41 Å². The van der Waals surface area contributed by atoms with Gasteiger partial charge < -0.3 is 20.1 Å². The third-order valence-electron chi connectivity index (χ3n) is 7.98. The molecular formula is C28H32N2O5. The van der Waals surface area contributed by atoms with Gasteiger partial charge in [0.15, 0.2) is 0 Å². The monoisotopic (exact) mass is 476 g/mol. The van der Waals surface area contributed by atoms with Crippen molar-refractivity contribution in [1.29, 1.82) is 0 Å². The van der Waals surface area contributed by atoms with Crippen LogP contribution in [0.25, 0.3) is 11.1 Å². The van der Waals surface area contributed by atoms with E-state index in [9.17, 15) is 19.5 Å². The highest BCUT2D eigenvalue weighted by molar-refractivity contribution is 5.85. The molecule has 1 atom stereocenters. The second-order valence-electron chi connectivity index (χ2n) is 10.1. The highest BCUT2D eigenvalue weighted by atomic mass is 16.5. The maximum absolute atomic E-state index is 13.6. The molecular weight excluding hydrogens is 444 g/mol. The summed E-state index contributed by atoms with van der Waals surface area (Å²) in [6.45, 7) is 1.04. The van der Waals surface area contributed by atoms with Crippen LogP contribution >= 0.6 is 0 Å². The maximum Gasteiger partial charge on any atom is 0.407 e. The minimum Gasteiger partial charge on any atom is -0.481 e. The predicted molar refractivity (Wildman–Crippen MR) is 131 cm³/mol. The molecule has 184 valence electrons. The van der Waals surface area contributed by atoms with Gasteiger partial charge >= 0.3 is 12.1 Å². The topological polar surface area (TPSA) is 95.9 Å². The van der Waals surface area contributed by atoms with Gasteiger partial charge in [-0.1, -0.05) is 61.4 Å². The number of benzene rings is 2. The summed E-state index contributed by atoms with van der Waals surface area (Å²) in [4.78, 5) is 39.3. The lowest BCUT2D eigenvalue weighted by atomic mass is 9.84. The minimum absolute atomic E-state index is 0.0160. The van der Waals surface area contributed by atoms with Crippen LogP contribution < -0.4 is 5.32 Å². The molecule has 2 N–H and O–H groups in total. The third-order valence-corrected chi connectivity index (χ3v) is 7.98. The van der Waals surface area contributed by atoms with Gasteiger partial charge in [-0.2, -0.15) is 0 Å². The van der Waals surface area contributed by atoms with Gasteiger partial charge in [0.2, 0.25) is 5.91 Å². The fourth-order valence-electron chi connectivity index (χ4n) is 6.23. The zero-order valence-electron chi connectivity index (χ0n) is 19.9. The van der Waals surface area contributed by atoms with Crippen LogP contribution in [0.5, 0.6) is 0 Å². The summed E-state index contributed by atoms with van der Waals surface area (Å²) in [5, 5.41) is 12.1. The first-order valence-corrected chi connectivity index (χ1v) is 12.6. The SMILES string of the molecule is O=C(O)C[C@@H]1CCCN1C(=O)C1(CNC(=O)OCC2c3ccccc3-c3ccccc32)CCCC1. The Balaban J connectivity index is 1.22. The molecule has 1 aliphatic heterocycles. The van der Waals surface area contributed by atoms with Crippen molar-refractivity contribution in [1.82, 2.24) is 10.2 Å². The normalized spacial score (nSPS) is 20.3. The van der Waals surface area contributed by atoms with Gasteiger partial charge in [0, 0.05) is 25.0 Å². The van der Waals surface area contributed by atoms with Gasteiger partial charge in [-0.05, 0) is 47.9 Å². The fourth-order valence-corrected chi connectivity index (χ4v) is 6.23. The molecule has 0 bridgehead atoms. The number of likely N-dealkylation sites (tertiary alicyclic amines) is 1. The first kappa shape index (κ1) is 23.4. The van der Waals surface area contributed by atoms with Crippen LogP contribution in [-0.2, 0) is 14.3 Å². The van der Waals surface area contributed by atoms with Gasteiger partial charge in [0.1, 0.15) is 6.61 Å². The molecule has 1 saturated heterocycles. The summed E-state index contributed by atoms with van der Waals surface area (Å²) in [7, 11) is 0. The molecule has 1 heterocycles. The highest BCUT2D eigenvalue weighted by Crippen LogP contribution is 2.45. The lowest BCUT2D eigenvalue weighted by Gasteiger charge is -2.35. The lowest BCUT2D eigenvalue weighted by Crippen LogP contribution is -2.50. The van der Waals surface area contributed by atoms with Crippen molar-refractivity contribution in [2.24, 2.45) is 5.41 Å². The van der Waals surface area contributed by atoms with Crippen LogP contribution in [-0.4, -0.2) is 53.7 Å². The van der Waals surface area contributed by atoms with Crippen LogP contribution in [0.2, 0.25) is 0 Å². The Hall–Kier alpha value is -3.35. The van der Waals surface area contributed by atoms with Crippen molar-refractivity contribution in [3.05, 3.63) is 59.7 Å².